The number of rotatable bonds is 6. The lowest BCUT2D eigenvalue weighted by molar-refractivity contribution is -0.118. The molecule has 0 saturated heterocycles. The van der Waals surface area contributed by atoms with Crippen molar-refractivity contribution < 1.29 is 14.4 Å². The summed E-state index contributed by atoms with van der Waals surface area (Å²) in [5.74, 6) is -1.25. The largest absolute Gasteiger partial charge is 0.335 e. The number of nitrogens with one attached hydrogen (secondary N) is 3. The lowest BCUT2D eigenvalue weighted by atomic mass is 10.5. The third-order valence-corrected chi connectivity index (χ3v) is 1.36. The highest BCUT2D eigenvalue weighted by Gasteiger charge is 1.95. The van der Waals surface area contributed by atoms with E-state index in [1.54, 1.807) is 0 Å². The number of amides is 3. The van der Waals surface area contributed by atoms with Crippen molar-refractivity contribution in [3.05, 3.63) is 37.6 Å². The highest BCUT2D eigenvalue weighted by atomic mass is 16.2. The van der Waals surface area contributed by atoms with Crippen LogP contribution in [0.3, 0.4) is 0 Å². The van der Waals surface area contributed by atoms with Gasteiger partial charge in [0.1, 0.15) is 0 Å². The summed E-state index contributed by atoms with van der Waals surface area (Å²) in [5.41, 5.74) is 0. The Hall–Kier alpha value is -2.37. The third kappa shape index (κ3) is 7.07. The van der Waals surface area contributed by atoms with Crippen LogP contribution < -0.4 is 16.0 Å². The Balaban J connectivity index is 3.74. The molecule has 6 heteroatoms. The second-order valence-electron chi connectivity index (χ2n) is 2.51. The average Bonchev–Trinajstić information content (AvgIpc) is 2.28. The fourth-order valence-corrected chi connectivity index (χ4v) is 0.608. The molecule has 0 aliphatic rings. The minimum atomic E-state index is -0.450. The van der Waals surface area contributed by atoms with E-state index in [0.29, 0.717) is 0 Å². The molecule has 0 saturated carbocycles. The molecule has 0 fully saturated rings. The molecule has 0 spiro atoms. The second kappa shape index (κ2) is 7.98. The van der Waals surface area contributed by atoms with Gasteiger partial charge in [-0.2, -0.15) is 0 Å². The van der Waals surface area contributed by atoms with Crippen LogP contribution in [0.4, 0.5) is 0 Å². The number of hydrogen-bond donors (Lipinski definition) is 3. The minimum Gasteiger partial charge on any atom is -0.335 e. The summed E-state index contributed by atoms with van der Waals surface area (Å²) < 4.78 is 0. The molecule has 6 nitrogen and oxygen atoms in total. The zero-order valence-corrected chi connectivity index (χ0v) is 8.66. The summed E-state index contributed by atoms with van der Waals surface area (Å²) in [6, 6.07) is 0. The van der Waals surface area contributed by atoms with Gasteiger partial charge < -0.3 is 16.0 Å². The standard InChI is InChI=1S/C10H13N3O3/c1-3-8(14)11-6-5-10(16)13-7-12-9(15)4-2/h3-6H,1-2,7H2,(H,11,14)(H,12,15)(H,13,16). The maximum Gasteiger partial charge on any atom is 0.247 e. The van der Waals surface area contributed by atoms with Gasteiger partial charge in [0.05, 0.1) is 6.67 Å². The quantitative estimate of drug-likeness (QED) is 0.406. The van der Waals surface area contributed by atoms with Crippen molar-refractivity contribution in [3.8, 4) is 0 Å². The van der Waals surface area contributed by atoms with Crippen LogP contribution >= 0.6 is 0 Å². The molecular formula is C10H13N3O3. The molecule has 16 heavy (non-hydrogen) atoms. The van der Waals surface area contributed by atoms with E-state index in [-0.39, 0.29) is 12.6 Å². The first-order valence-corrected chi connectivity index (χ1v) is 4.37. The van der Waals surface area contributed by atoms with Crippen LogP contribution in [-0.2, 0) is 14.4 Å². The summed E-state index contributed by atoms with van der Waals surface area (Å²) >= 11 is 0. The van der Waals surface area contributed by atoms with Gasteiger partial charge in [0.25, 0.3) is 0 Å². The molecule has 0 aromatic rings. The van der Waals surface area contributed by atoms with Crippen molar-refractivity contribution in [2.24, 2.45) is 0 Å². The number of hydrogen-bond acceptors (Lipinski definition) is 3. The Kier molecular flexibility index (Phi) is 6.80. The molecule has 0 aromatic carbocycles. The summed E-state index contributed by atoms with van der Waals surface area (Å²) in [6.07, 6.45) is 4.45. The maximum atomic E-state index is 11.0. The predicted molar refractivity (Wildman–Crippen MR) is 58.8 cm³/mol. The van der Waals surface area contributed by atoms with E-state index < -0.39 is 11.8 Å². The molecule has 3 amide bonds. The van der Waals surface area contributed by atoms with Gasteiger partial charge in [-0.1, -0.05) is 13.2 Å². The monoisotopic (exact) mass is 223 g/mol. The molecular weight excluding hydrogens is 210 g/mol. The van der Waals surface area contributed by atoms with E-state index in [2.05, 4.69) is 29.1 Å². The van der Waals surface area contributed by atoms with E-state index in [1.165, 1.54) is 6.20 Å². The van der Waals surface area contributed by atoms with Crippen LogP contribution in [0.2, 0.25) is 0 Å². The van der Waals surface area contributed by atoms with E-state index in [0.717, 1.165) is 18.2 Å². The van der Waals surface area contributed by atoms with Crippen LogP contribution in [0, 0.1) is 0 Å². The topological polar surface area (TPSA) is 87.3 Å². The smallest absolute Gasteiger partial charge is 0.247 e. The van der Waals surface area contributed by atoms with Gasteiger partial charge in [-0.05, 0) is 12.2 Å². The fraction of sp³-hybridized carbons (Fsp3) is 0.100. The van der Waals surface area contributed by atoms with E-state index in [9.17, 15) is 14.4 Å². The number of carbonyl (C=O) groups is 3. The van der Waals surface area contributed by atoms with Crippen molar-refractivity contribution >= 4 is 17.7 Å². The predicted octanol–water partition coefficient (Wildman–Crippen LogP) is -0.822. The molecule has 0 atom stereocenters. The zero-order valence-electron chi connectivity index (χ0n) is 8.66. The van der Waals surface area contributed by atoms with Crippen molar-refractivity contribution in [2.75, 3.05) is 6.67 Å². The Morgan fingerprint density at radius 2 is 1.50 bits per heavy atom. The summed E-state index contributed by atoms with van der Waals surface area (Å²) in [6.45, 7) is 6.46. The van der Waals surface area contributed by atoms with Gasteiger partial charge in [0.2, 0.25) is 17.7 Å². The SMILES string of the molecule is C=CC(=O)NC=CC(=O)NCNC(=O)C=C. The number of carbonyl (C=O) groups excluding carboxylic acids is 3. The van der Waals surface area contributed by atoms with Gasteiger partial charge in [0, 0.05) is 12.3 Å². The molecule has 0 unspecified atom stereocenters. The third-order valence-electron chi connectivity index (χ3n) is 1.36. The lowest BCUT2D eigenvalue weighted by Crippen LogP contribution is -2.35. The molecule has 3 N–H and O–H groups in total. The highest BCUT2D eigenvalue weighted by Crippen LogP contribution is 1.72. The summed E-state index contributed by atoms with van der Waals surface area (Å²) in [4.78, 5) is 32.4. The zero-order chi connectivity index (χ0) is 12.4. The fourth-order valence-electron chi connectivity index (χ4n) is 0.608. The second-order valence-corrected chi connectivity index (χ2v) is 2.51. The van der Waals surface area contributed by atoms with Crippen molar-refractivity contribution in [1.82, 2.24) is 16.0 Å². The van der Waals surface area contributed by atoms with Crippen molar-refractivity contribution in [1.29, 1.82) is 0 Å². The Morgan fingerprint density at radius 3 is 2.06 bits per heavy atom. The lowest BCUT2D eigenvalue weighted by Gasteiger charge is -2.02. The van der Waals surface area contributed by atoms with Crippen LogP contribution in [0.15, 0.2) is 37.6 Å². The molecule has 0 heterocycles. The van der Waals surface area contributed by atoms with E-state index >= 15 is 0 Å². The molecule has 0 bridgehead atoms. The van der Waals surface area contributed by atoms with Crippen LogP contribution in [0.5, 0.6) is 0 Å². The molecule has 0 rings (SSSR count). The van der Waals surface area contributed by atoms with Gasteiger partial charge in [0.15, 0.2) is 0 Å². The highest BCUT2D eigenvalue weighted by molar-refractivity contribution is 5.91. The summed E-state index contributed by atoms with van der Waals surface area (Å²) in [7, 11) is 0. The van der Waals surface area contributed by atoms with Gasteiger partial charge in [-0.15, -0.1) is 0 Å². The first-order valence-electron chi connectivity index (χ1n) is 4.37. The first-order chi connectivity index (χ1) is 7.60. The van der Waals surface area contributed by atoms with Crippen molar-refractivity contribution in [2.45, 2.75) is 0 Å². The van der Waals surface area contributed by atoms with Crippen LogP contribution in [0.1, 0.15) is 0 Å². The Labute approximate surface area is 93.1 Å². The van der Waals surface area contributed by atoms with E-state index in [1.807, 2.05) is 0 Å². The van der Waals surface area contributed by atoms with E-state index in [4.69, 9.17) is 0 Å². The normalized spacial score (nSPS) is 9.25. The van der Waals surface area contributed by atoms with Crippen molar-refractivity contribution in [3.63, 3.8) is 0 Å². The first kappa shape index (κ1) is 13.6. The Morgan fingerprint density at radius 1 is 0.938 bits per heavy atom. The summed E-state index contributed by atoms with van der Waals surface area (Å²) in [5, 5.41) is 6.98. The Bertz CT molecular complexity index is 334. The van der Waals surface area contributed by atoms with Gasteiger partial charge in [-0.3, -0.25) is 14.4 Å². The van der Waals surface area contributed by atoms with Gasteiger partial charge in [-0.25, -0.2) is 0 Å². The maximum absolute atomic E-state index is 11.0. The average molecular weight is 223 g/mol. The molecule has 0 aliphatic heterocycles. The molecule has 0 radical (unpaired) electrons. The van der Waals surface area contributed by atoms with Crippen LogP contribution in [0.25, 0.3) is 0 Å². The van der Waals surface area contributed by atoms with Crippen LogP contribution in [-0.4, -0.2) is 24.4 Å². The molecule has 0 aliphatic carbocycles. The van der Waals surface area contributed by atoms with Gasteiger partial charge >= 0.3 is 0 Å². The molecule has 86 valence electrons. The molecule has 0 aromatic heterocycles. The minimum absolute atomic E-state index is 0.0105.